The van der Waals surface area contributed by atoms with Gasteiger partial charge in [-0.25, -0.2) is 0 Å². The summed E-state index contributed by atoms with van der Waals surface area (Å²) >= 11 is 0. The van der Waals surface area contributed by atoms with E-state index in [0.717, 1.165) is 0 Å². The van der Waals surface area contributed by atoms with Crippen LogP contribution in [0, 0.1) is 0 Å². The topological polar surface area (TPSA) is 12.0 Å². The molecule has 0 aromatic heterocycles. The highest BCUT2D eigenvalue weighted by Crippen LogP contribution is 2.37. The summed E-state index contributed by atoms with van der Waals surface area (Å²) in [7, 11) is 0. The molecular weight excluding hydrogens is 170 g/mol. The van der Waals surface area contributed by atoms with Crippen molar-refractivity contribution < 1.29 is 0 Å². The molecule has 0 aromatic rings. The summed E-state index contributed by atoms with van der Waals surface area (Å²) in [4.78, 5) is 0. The maximum atomic E-state index is 3.63. The van der Waals surface area contributed by atoms with Gasteiger partial charge in [0.05, 0.1) is 6.04 Å². The van der Waals surface area contributed by atoms with Crippen molar-refractivity contribution in [2.24, 2.45) is 0 Å². The van der Waals surface area contributed by atoms with Gasteiger partial charge in [-0.1, -0.05) is 24.3 Å². The number of nitrogens with one attached hydrogen (secondary N) is 1. The van der Waals surface area contributed by atoms with E-state index in [1.54, 1.807) is 5.57 Å². The fourth-order valence-corrected chi connectivity index (χ4v) is 2.70. The van der Waals surface area contributed by atoms with Gasteiger partial charge in [0.25, 0.3) is 0 Å². The summed E-state index contributed by atoms with van der Waals surface area (Å²) in [5.41, 5.74) is 6.06. The van der Waals surface area contributed by atoms with Gasteiger partial charge in [-0.3, -0.25) is 0 Å². The molecule has 0 saturated heterocycles. The molecule has 1 atom stereocenters. The molecule has 1 nitrogen and oxygen atoms in total. The van der Waals surface area contributed by atoms with Crippen molar-refractivity contribution in [1.82, 2.24) is 5.32 Å². The van der Waals surface area contributed by atoms with Crippen LogP contribution in [0.3, 0.4) is 0 Å². The Morgan fingerprint density at radius 2 is 2.21 bits per heavy atom. The fraction of sp³-hybridized carbons (Fsp3) is 0.385. The summed E-state index contributed by atoms with van der Waals surface area (Å²) in [6, 6.07) is 0.442. The van der Waals surface area contributed by atoms with Gasteiger partial charge in [0, 0.05) is 5.70 Å². The third kappa shape index (κ3) is 1.02. The zero-order valence-electron chi connectivity index (χ0n) is 8.51. The highest BCUT2D eigenvalue weighted by Gasteiger charge is 2.26. The van der Waals surface area contributed by atoms with Crippen molar-refractivity contribution in [2.45, 2.75) is 32.2 Å². The second-order valence-corrected chi connectivity index (χ2v) is 4.26. The van der Waals surface area contributed by atoms with Gasteiger partial charge in [-0.15, -0.1) is 0 Å². The Kier molecular flexibility index (Phi) is 1.66. The smallest absolute Gasteiger partial charge is 0.0700 e. The predicted molar refractivity (Wildman–Crippen MR) is 58.8 cm³/mol. The first kappa shape index (κ1) is 8.10. The average molecular weight is 185 g/mol. The van der Waals surface area contributed by atoms with Crippen LogP contribution in [-0.4, -0.2) is 6.04 Å². The first-order valence-electron chi connectivity index (χ1n) is 5.41. The molecule has 0 bridgehead atoms. The van der Waals surface area contributed by atoms with Gasteiger partial charge < -0.3 is 5.32 Å². The summed E-state index contributed by atoms with van der Waals surface area (Å²) in [5.74, 6) is 0. The molecule has 14 heavy (non-hydrogen) atoms. The maximum absolute atomic E-state index is 3.63. The number of fused-ring (bicyclic) bond motifs is 1. The fourth-order valence-electron chi connectivity index (χ4n) is 2.70. The Bertz CT molecular complexity index is 393. The average Bonchev–Trinajstić information content (AvgIpc) is 2.66. The zero-order chi connectivity index (χ0) is 9.54. The van der Waals surface area contributed by atoms with E-state index in [-0.39, 0.29) is 0 Å². The highest BCUT2D eigenvalue weighted by atomic mass is 14.9. The molecule has 0 saturated carbocycles. The second-order valence-electron chi connectivity index (χ2n) is 4.26. The summed E-state index contributed by atoms with van der Waals surface area (Å²) in [6.07, 6.45) is 12.6. The van der Waals surface area contributed by atoms with Crippen LogP contribution >= 0.6 is 0 Å². The van der Waals surface area contributed by atoms with Crippen molar-refractivity contribution in [1.29, 1.82) is 0 Å². The molecule has 1 heteroatoms. The monoisotopic (exact) mass is 185 g/mol. The van der Waals surface area contributed by atoms with Crippen LogP contribution in [0.5, 0.6) is 0 Å². The molecule has 0 radical (unpaired) electrons. The lowest BCUT2D eigenvalue weighted by molar-refractivity contribution is 0.709. The molecule has 0 aromatic carbocycles. The highest BCUT2D eigenvalue weighted by molar-refractivity contribution is 5.52. The second kappa shape index (κ2) is 2.88. The summed E-state index contributed by atoms with van der Waals surface area (Å²) in [6.45, 7) is 2.27. The lowest BCUT2D eigenvalue weighted by Gasteiger charge is -2.29. The Hall–Kier alpha value is -1.24. The van der Waals surface area contributed by atoms with E-state index >= 15 is 0 Å². The van der Waals surface area contributed by atoms with Crippen LogP contribution in [0.25, 0.3) is 0 Å². The molecule has 0 fully saturated rings. The largest absolute Gasteiger partial charge is 0.378 e. The molecule has 72 valence electrons. The van der Waals surface area contributed by atoms with E-state index in [9.17, 15) is 0 Å². The van der Waals surface area contributed by atoms with Gasteiger partial charge in [-0.2, -0.15) is 0 Å². The summed E-state index contributed by atoms with van der Waals surface area (Å²) in [5, 5.41) is 3.63. The van der Waals surface area contributed by atoms with Crippen molar-refractivity contribution in [3.63, 3.8) is 0 Å². The first-order valence-corrected chi connectivity index (χ1v) is 5.41. The minimum Gasteiger partial charge on any atom is -0.378 e. The Morgan fingerprint density at radius 3 is 3.14 bits per heavy atom. The minimum absolute atomic E-state index is 0.442. The van der Waals surface area contributed by atoms with E-state index in [2.05, 4.69) is 36.5 Å². The molecule has 3 aliphatic rings. The predicted octanol–water partition coefficient (Wildman–Crippen LogP) is 2.84. The van der Waals surface area contributed by atoms with Crippen LogP contribution in [0.2, 0.25) is 0 Å². The van der Waals surface area contributed by atoms with Gasteiger partial charge in [0.15, 0.2) is 0 Å². The Morgan fingerprint density at radius 1 is 1.29 bits per heavy atom. The number of rotatable bonds is 0. The van der Waals surface area contributed by atoms with Crippen LogP contribution in [0.4, 0.5) is 0 Å². The molecule has 1 heterocycles. The quantitative estimate of drug-likeness (QED) is 0.612. The van der Waals surface area contributed by atoms with Gasteiger partial charge in [0.1, 0.15) is 0 Å². The van der Waals surface area contributed by atoms with Crippen molar-refractivity contribution >= 4 is 0 Å². The van der Waals surface area contributed by atoms with E-state index in [4.69, 9.17) is 0 Å². The van der Waals surface area contributed by atoms with Crippen LogP contribution < -0.4 is 5.32 Å². The normalized spacial score (nSPS) is 29.1. The van der Waals surface area contributed by atoms with Gasteiger partial charge in [0.2, 0.25) is 0 Å². The molecule has 2 aliphatic carbocycles. The van der Waals surface area contributed by atoms with E-state index in [0.29, 0.717) is 6.04 Å². The van der Waals surface area contributed by atoms with Crippen molar-refractivity contribution in [3.8, 4) is 0 Å². The molecule has 1 aliphatic heterocycles. The Labute approximate surface area is 84.9 Å². The van der Waals surface area contributed by atoms with Crippen LogP contribution in [-0.2, 0) is 0 Å². The number of allylic oxidation sites excluding steroid dienone is 5. The van der Waals surface area contributed by atoms with Crippen LogP contribution in [0.15, 0.2) is 46.7 Å². The van der Waals surface area contributed by atoms with E-state index in [1.165, 1.54) is 36.1 Å². The number of hydrogen-bond donors (Lipinski definition) is 1. The zero-order valence-corrected chi connectivity index (χ0v) is 8.51. The van der Waals surface area contributed by atoms with Crippen molar-refractivity contribution in [2.75, 3.05) is 0 Å². The molecule has 1 unspecified atom stereocenters. The van der Waals surface area contributed by atoms with Crippen molar-refractivity contribution in [3.05, 3.63) is 46.7 Å². The lowest BCUT2D eigenvalue weighted by Crippen LogP contribution is -2.32. The molecule has 0 spiro atoms. The van der Waals surface area contributed by atoms with E-state index < -0.39 is 0 Å². The first-order chi connectivity index (χ1) is 6.86. The summed E-state index contributed by atoms with van der Waals surface area (Å²) < 4.78 is 0. The standard InChI is InChI=1S/C13H15N/c1-9-10-5-2-3-7-12(10)14-13-8-4-6-11(9)13/h2-3,5,7,12,14H,4,6,8H2,1H3. The third-order valence-electron chi connectivity index (χ3n) is 3.46. The molecule has 1 N–H and O–H groups in total. The van der Waals surface area contributed by atoms with Gasteiger partial charge in [-0.05, 0) is 42.9 Å². The van der Waals surface area contributed by atoms with Gasteiger partial charge >= 0.3 is 0 Å². The SMILES string of the molecule is CC1=C2C=CC=CC2NC2=C1CCC2. The minimum atomic E-state index is 0.442. The maximum Gasteiger partial charge on any atom is 0.0700 e. The lowest BCUT2D eigenvalue weighted by atomic mass is 9.89. The molecule has 0 amide bonds. The number of hydrogen-bond acceptors (Lipinski definition) is 1. The molecule has 3 rings (SSSR count). The van der Waals surface area contributed by atoms with Crippen LogP contribution in [0.1, 0.15) is 26.2 Å². The number of dihydropyridines is 1. The third-order valence-corrected chi connectivity index (χ3v) is 3.46. The molecular formula is C13H15N. The Balaban J connectivity index is 2.10. The van der Waals surface area contributed by atoms with E-state index in [1.807, 2.05) is 0 Å².